The average molecular weight is 286 g/mol. The number of hydrogen-bond donors (Lipinski definition) is 0. The lowest BCUT2D eigenvalue weighted by molar-refractivity contribution is -0.385. The Morgan fingerprint density at radius 1 is 1.55 bits per heavy atom. The first kappa shape index (κ1) is 15.3. The zero-order valence-electron chi connectivity index (χ0n) is 10.1. The van der Waals surface area contributed by atoms with Crippen LogP contribution >= 0.6 is 0 Å². The Morgan fingerprint density at radius 3 is 2.65 bits per heavy atom. The van der Waals surface area contributed by atoms with Gasteiger partial charge in [-0.25, -0.2) is 4.79 Å². The van der Waals surface area contributed by atoms with E-state index in [1.807, 2.05) is 0 Å². The summed E-state index contributed by atoms with van der Waals surface area (Å²) < 4.78 is 33.2. The standard InChI is InChI=1S/C11H8F2N2O5/c1-2-19-10(16)9-6(5-14)7(15(17)18)3-4-8(9)20-11(12)13/h3-4,11H,2H2,1H3. The van der Waals surface area contributed by atoms with Crippen LogP contribution in [0.25, 0.3) is 0 Å². The molecule has 0 aliphatic heterocycles. The van der Waals surface area contributed by atoms with Crippen LogP contribution in [-0.2, 0) is 4.74 Å². The van der Waals surface area contributed by atoms with Crippen molar-refractivity contribution in [2.24, 2.45) is 0 Å². The Hall–Kier alpha value is -2.76. The summed E-state index contributed by atoms with van der Waals surface area (Å²) in [6.45, 7) is -1.90. The highest BCUT2D eigenvalue weighted by molar-refractivity contribution is 5.96. The van der Waals surface area contributed by atoms with E-state index in [-0.39, 0.29) is 6.61 Å². The second kappa shape index (κ2) is 6.42. The molecular weight excluding hydrogens is 278 g/mol. The van der Waals surface area contributed by atoms with Crippen molar-refractivity contribution in [1.82, 2.24) is 0 Å². The fourth-order valence-electron chi connectivity index (χ4n) is 1.44. The number of carbonyl (C=O) groups excluding carboxylic acids is 1. The summed E-state index contributed by atoms with van der Waals surface area (Å²) in [7, 11) is 0. The molecule has 1 rings (SSSR count). The lowest BCUT2D eigenvalue weighted by Crippen LogP contribution is -2.13. The van der Waals surface area contributed by atoms with Crippen LogP contribution in [0.5, 0.6) is 5.75 Å². The second-order valence-corrected chi connectivity index (χ2v) is 3.30. The summed E-state index contributed by atoms with van der Waals surface area (Å²) in [6.07, 6.45) is 0. The second-order valence-electron chi connectivity index (χ2n) is 3.30. The number of benzene rings is 1. The van der Waals surface area contributed by atoms with Gasteiger partial charge in [-0.05, 0) is 13.0 Å². The van der Waals surface area contributed by atoms with Gasteiger partial charge in [0.25, 0.3) is 5.69 Å². The van der Waals surface area contributed by atoms with Crippen molar-refractivity contribution in [3.63, 3.8) is 0 Å². The molecular formula is C11H8F2N2O5. The molecule has 0 aliphatic carbocycles. The highest BCUT2D eigenvalue weighted by Gasteiger charge is 2.28. The smallest absolute Gasteiger partial charge is 0.387 e. The third-order valence-electron chi connectivity index (χ3n) is 2.15. The van der Waals surface area contributed by atoms with Crippen molar-refractivity contribution < 1.29 is 28.0 Å². The molecule has 20 heavy (non-hydrogen) atoms. The van der Waals surface area contributed by atoms with Crippen LogP contribution in [0.4, 0.5) is 14.5 Å². The number of esters is 1. The number of nitro groups is 1. The monoisotopic (exact) mass is 286 g/mol. The predicted octanol–water partition coefficient (Wildman–Crippen LogP) is 2.24. The summed E-state index contributed by atoms with van der Waals surface area (Å²) in [5.74, 6) is -1.80. The zero-order chi connectivity index (χ0) is 15.3. The minimum absolute atomic E-state index is 0.0967. The van der Waals surface area contributed by atoms with E-state index in [1.54, 1.807) is 0 Å². The molecule has 0 atom stereocenters. The minimum atomic E-state index is -3.25. The van der Waals surface area contributed by atoms with Gasteiger partial charge in [0.2, 0.25) is 0 Å². The van der Waals surface area contributed by atoms with Crippen molar-refractivity contribution >= 4 is 11.7 Å². The Kier molecular flexibility index (Phi) is 4.91. The molecule has 7 nitrogen and oxygen atoms in total. The van der Waals surface area contributed by atoms with Crippen LogP contribution in [0.1, 0.15) is 22.8 Å². The van der Waals surface area contributed by atoms with E-state index in [4.69, 9.17) is 5.26 Å². The van der Waals surface area contributed by atoms with Gasteiger partial charge in [-0.3, -0.25) is 10.1 Å². The van der Waals surface area contributed by atoms with E-state index < -0.39 is 40.1 Å². The summed E-state index contributed by atoms with van der Waals surface area (Å²) in [5.41, 5.74) is -2.08. The summed E-state index contributed by atoms with van der Waals surface area (Å²) in [5, 5.41) is 19.7. The molecule has 0 bridgehead atoms. The van der Waals surface area contributed by atoms with Crippen LogP contribution in [-0.4, -0.2) is 24.1 Å². The Bertz CT molecular complexity index is 583. The van der Waals surface area contributed by atoms with Crippen LogP contribution in [0.2, 0.25) is 0 Å². The Morgan fingerprint density at radius 2 is 2.20 bits per heavy atom. The quantitative estimate of drug-likeness (QED) is 0.467. The van der Waals surface area contributed by atoms with Gasteiger partial charge in [-0.1, -0.05) is 0 Å². The molecule has 1 aromatic rings. The molecule has 0 amide bonds. The number of rotatable bonds is 5. The van der Waals surface area contributed by atoms with Crippen LogP contribution in [0.3, 0.4) is 0 Å². The number of nitrogens with zero attached hydrogens (tertiary/aromatic N) is 2. The predicted molar refractivity (Wildman–Crippen MR) is 60.4 cm³/mol. The summed E-state index contributed by atoms with van der Waals surface area (Å²) in [6, 6.07) is 3.05. The number of nitriles is 1. The number of nitro benzene ring substituents is 1. The largest absolute Gasteiger partial charge is 0.462 e. The molecule has 9 heteroatoms. The molecule has 0 aliphatic rings. The first-order valence-electron chi connectivity index (χ1n) is 5.25. The third kappa shape index (κ3) is 3.17. The molecule has 106 valence electrons. The zero-order valence-corrected chi connectivity index (χ0v) is 10.1. The number of hydrogen-bond acceptors (Lipinski definition) is 6. The highest BCUT2D eigenvalue weighted by atomic mass is 19.3. The SMILES string of the molecule is CCOC(=O)c1c(OC(F)F)ccc([N+](=O)[O-])c1C#N. The van der Waals surface area contributed by atoms with Crippen LogP contribution in [0.15, 0.2) is 12.1 Å². The topological polar surface area (TPSA) is 102 Å². The fraction of sp³-hybridized carbons (Fsp3) is 0.273. The molecule has 0 heterocycles. The van der Waals surface area contributed by atoms with E-state index in [1.165, 1.54) is 13.0 Å². The van der Waals surface area contributed by atoms with Crippen LogP contribution in [0, 0.1) is 21.4 Å². The molecule has 0 N–H and O–H groups in total. The van der Waals surface area contributed by atoms with Crippen molar-refractivity contribution in [2.45, 2.75) is 13.5 Å². The normalized spacial score (nSPS) is 9.95. The third-order valence-corrected chi connectivity index (χ3v) is 2.15. The number of ether oxygens (including phenoxy) is 2. The maximum absolute atomic E-state index is 12.3. The highest BCUT2D eigenvalue weighted by Crippen LogP contribution is 2.31. The van der Waals surface area contributed by atoms with Crippen molar-refractivity contribution in [3.8, 4) is 11.8 Å². The number of halogens is 2. The van der Waals surface area contributed by atoms with E-state index >= 15 is 0 Å². The molecule has 0 saturated heterocycles. The molecule has 1 aromatic carbocycles. The van der Waals surface area contributed by atoms with E-state index in [9.17, 15) is 23.7 Å². The average Bonchev–Trinajstić information content (AvgIpc) is 2.37. The van der Waals surface area contributed by atoms with Crippen molar-refractivity contribution in [2.75, 3.05) is 6.61 Å². The summed E-state index contributed by atoms with van der Waals surface area (Å²) in [4.78, 5) is 21.5. The molecule has 0 unspecified atom stereocenters. The number of alkyl halides is 2. The molecule has 0 fully saturated rings. The molecule has 0 spiro atoms. The molecule has 0 aromatic heterocycles. The summed E-state index contributed by atoms with van der Waals surface area (Å²) >= 11 is 0. The van der Waals surface area contributed by atoms with Crippen molar-refractivity contribution in [1.29, 1.82) is 5.26 Å². The van der Waals surface area contributed by atoms with E-state index in [0.29, 0.717) is 0 Å². The maximum atomic E-state index is 12.3. The lowest BCUT2D eigenvalue weighted by atomic mass is 10.1. The van der Waals surface area contributed by atoms with E-state index in [0.717, 1.165) is 12.1 Å². The Labute approximate surface area is 111 Å². The fourth-order valence-corrected chi connectivity index (χ4v) is 1.44. The van der Waals surface area contributed by atoms with Gasteiger partial charge in [0, 0.05) is 6.07 Å². The van der Waals surface area contributed by atoms with Gasteiger partial charge in [0.05, 0.1) is 11.5 Å². The van der Waals surface area contributed by atoms with Gasteiger partial charge in [0.15, 0.2) is 0 Å². The first-order chi connectivity index (χ1) is 9.42. The Balaban J connectivity index is 3.52. The van der Waals surface area contributed by atoms with Gasteiger partial charge >= 0.3 is 12.6 Å². The van der Waals surface area contributed by atoms with Gasteiger partial charge in [-0.2, -0.15) is 14.0 Å². The lowest BCUT2D eigenvalue weighted by Gasteiger charge is -2.11. The van der Waals surface area contributed by atoms with Crippen LogP contribution < -0.4 is 4.74 Å². The molecule has 0 saturated carbocycles. The van der Waals surface area contributed by atoms with Gasteiger partial charge in [-0.15, -0.1) is 0 Å². The van der Waals surface area contributed by atoms with E-state index in [2.05, 4.69) is 9.47 Å². The molecule has 0 radical (unpaired) electrons. The first-order valence-corrected chi connectivity index (χ1v) is 5.25. The number of carbonyl (C=O) groups is 1. The van der Waals surface area contributed by atoms with Gasteiger partial charge < -0.3 is 9.47 Å². The maximum Gasteiger partial charge on any atom is 0.387 e. The minimum Gasteiger partial charge on any atom is -0.462 e. The van der Waals surface area contributed by atoms with Crippen molar-refractivity contribution in [3.05, 3.63) is 33.4 Å². The van der Waals surface area contributed by atoms with Gasteiger partial charge in [0.1, 0.15) is 22.9 Å².